The lowest BCUT2D eigenvalue weighted by Crippen LogP contribution is -2.09. The lowest BCUT2D eigenvalue weighted by Gasteiger charge is -2.14. The van der Waals surface area contributed by atoms with Gasteiger partial charge in [-0.15, -0.1) is 0 Å². The van der Waals surface area contributed by atoms with Gasteiger partial charge < -0.3 is 5.32 Å². The van der Waals surface area contributed by atoms with Crippen molar-refractivity contribution in [3.63, 3.8) is 0 Å². The van der Waals surface area contributed by atoms with E-state index in [0.29, 0.717) is 0 Å². The Bertz CT molecular complexity index is 632. The lowest BCUT2D eigenvalue weighted by atomic mass is 10.1. The van der Waals surface area contributed by atoms with Crippen LogP contribution in [0.5, 0.6) is 0 Å². The molecule has 2 rings (SSSR count). The van der Waals surface area contributed by atoms with Crippen molar-refractivity contribution < 1.29 is 17.6 Å². The fourth-order valence-corrected chi connectivity index (χ4v) is 2.16. The van der Waals surface area contributed by atoms with E-state index in [9.17, 15) is 17.6 Å². The van der Waals surface area contributed by atoms with Crippen LogP contribution in [0.3, 0.4) is 0 Å². The maximum absolute atomic E-state index is 13.6. The summed E-state index contributed by atoms with van der Waals surface area (Å²) in [5.41, 5.74) is -0.107. The van der Waals surface area contributed by atoms with Gasteiger partial charge in [0.25, 0.3) is 0 Å². The van der Waals surface area contributed by atoms with Crippen molar-refractivity contribution in [1.82, 2.24) is 0 Å². The minimum Gasteiger partial charge on any atom is -0.381 e. The van der Waals surface area contributed by atoms with Crippen molar-refractivity contribution in [1.29, 1.82) is 0 Å². The third kappa shape index (κ3) is 3.67. The van der Waals surface area contributed by atoms with Crippen LogP contribution >= 0.6 is 11.6 Å². The Kier molecular flexibility index (Phi) is 4.42. The molecule has 0 aliphatic carbocycles. The Morgan fingerprint density at radius 1 is 1.14 bits per heavy atom. The monoisotopic (exact) mass is 317 g/mol. The van der Waals surface area contributed by atoms with Gasteiger partial charge >= 0.3 is 6.18 Å². The zero-order valence-electron chi connectivity index (χ0n) is 11.1. The van der Waals surface area contributed by atoms with Gasteiger partial charge in [-0.3, -0.25) is 0 Å². The Morgan fingerprint density at radius 2 is 1.86 bits per heavy atom. The summed E-state index contributed by atoms with van der Waals surface area (Å²) in [5.74, 6) is -0.502. The molecular weight excluding hydrogens is 306 g/mol. The van der Waals surface area contributed by atoms with Gasteiger partial charge in [-0.2, -0.15) is 13.2 Å². The van der Waals surface area contributed by atoms with Crippen LogP contribution < -0.4 is 5.32 Å². The molecule has 0 saturated heterocycles. The predicted octanol–water partition coefficient (Wildman–Crippen LogP) is 5.42. The maximum atomic E-state index is 13.6. The Balaban J connectivity index is 2.22. The zero-order chi connectivity index (χ0) is 15.6. The molecule has 0 bridgehead atoms. The van der Waals surface area contributed by atoms with Gasteiger partial charge in [0, 0.05) is 22.8 Å². The van der Waals surface area contributed by atoms with Crippen LogP contribution in [0.2, 0.25) is 5.02 Å². The van der Waals surface area contributed by atoms with E-state index in [1.165, 1.54) is 37.3 Å². The van der Waals surface area contributed by atoms with Gasteiger partial charge in [0.1, 0.15) is 5.82 Å². The largest absolute Gasteiger partial charge is 0.416 e. The molecule has 0 amide bonds. The summed E-state index contributed by atoms with van der Waals surface area (Å²) < 4.78 is 52.0. The fraction of sp³-hybridized carbons (Fsp3) is 0.200. The first-order valence-corrected chi connectivity index (χ1v) is 6.51. The zero-order valence-corrected chi connectivity index (χ0v) is 11.8. The number of benzene rings is 2. The van der Waals surface area contributed by atoms with Gasteiger partial charge in [-0.05, 0) is 36.8 Å². The van der Waals surface area contributed by atoms with Crippen LogP contribution in [0.4, 0.5) is 23.2 Å². The molecule has 0 aliphatic heterocycles. The summed E-state index contributed by atoms with van der Waals surface area (Å²) in [4.78, 5) is 0. The summed E-state index contributed by atoms with van der Waals surface area (Å²) in [6, 6.07) is 8.13. The van der Waals surface area contributed by atoms with Gasteiger partial charge in [0.2, 0.25) is 0 Å². The number of halogens is 5. The number of hydrogen-bond acceptors (Lipinski definition) is 1. The van der Waals surface area contributed by atoms with Gasteiger partial charge in [0.15, 0.2) is 0 Å². The topological polar surface area (TPSA) is 12.0 Å². The molecule has 2 aromatic rings. The van der Waals surface area contributed by atoms with Gasteiger partial charge in [-0.1, -0.05) is 23.7 Å². The van der Waals surface area contributed by atoms with E-state index in [1.54, 1.807) is 0 Å². The number of anilines is 1. The molecule has 0 radical (unpaired) electrons. The molecule has 0 unspecified atom stereocenters. The first-order valence-electron chi connectivity index (χ1n) is 6.13. The molecule has 0 saturated carbocycles. The molecule has 1 nitrogen and oxygen atoms in total. The van der Waals surface area contributed by atoms with E-state index in [0.717, 1.165) is 6.07 Å². The molecule has 21 heavy (non-hydrogen) atoms. The van der Waals surface area contributed by atoms with Crippen molar-refractivity contribution >= 4 is 17.3 Å². The molecule has 0 atom stereocenters. The third-order valence-corrected chi connectivity index (χ3v) is 3.43. The first-order chi connectivity index (χ1) is 9.79. The summed E-state index contributed by atoms with van der Waals surface area (Å²) in [7, 11) is 0. The molecule has 0 fully saturated rings. The lowest BCUT2D eigenvalue weighted by molar-refractivity contribution is -0.138. The SMILES string of the molecule is Cc1ccc(NCc2c(F)cccc2Cl)cc1C(F)(F)F. The molecular formula is C15H12ClF4N. The summed E-state index contributed by atoms with van der Waals surface area (Å²) in [6.45, 7) is 1.40. The average molecular weight is 318 g/mol. The van der Waals surface area contributed by atoms with Crippen LogP contribution in [0, 0.1) is 12.7 Å². The highest BCUT2D eigenvalue weighted by molar-refractivity contribution is 6.31. The highest BCUT2D eigenvalue weighted by Crippen LogP contribution is 2.33. The Hall–Kier alpha value is -1.75. The smallest absolute Gasteiger partial charge is 0.381 e. The minimum absolute atomic E-state index is 0.00582. The molecule has 0 spiro atoms. The summed E-state index contributed by atoms with van der Waals surface area (Å²) in [5, 5.41) is 2.99. The number of hydrogen-bond donors (Lipinski definition) is 1. The molecule has 2 aromatic carbocycles. The van der Waals surface area contributed by atoms with Crippen molar-refractivity contribution in [3.05, 3.63) is 63.9 Å². The molecule has 112 valence electrons. The predicted molar refractivity (Wildman–Crippen MR) is 74.9 cm³/mol. The highest BCUT2D eigenvalue weighted by atomic mass is 35.5. The number of nitrogens with one attached hydrogen (secondary N) is 1. The van der Waals surface area contributed by atoms with Crippen molar-refractivity contribution in [2.75, 3.05) is 5.32 Å². The van der Waals surface area contributed by atoms with Crippen LogP contribution in [-0.2, 0) is 12.7 Å². The van der Waals surface area contributed by atoms with Crippen LogP contribution in [0.25, 0.3) is 0 Å². The van der Waals surface area contributed by atoms with Gasteiger partial charge in [-0.25, -0.2) is 4.39 Å². The Labute approximate surface area is 124 Å². The fourth-order valence-electron chi connectivity index (χ4n) is 1.93. The summed E-state index contributed by atoms with van der Waals surface area (Å²) in [6.07, 6.45) is -4.42. The van der Waals surface area contributed by atoms with E-state index in [1.807, 2.05) is 0 Å². The van der Waals surface area contributed by atoms with Crippen molar-refractivity contribution in [2.45, 2.75) is 19.6 Å². The number of aryl methyl sites for hydroxylation is 1. The van der Waals surface area contributed by atoms with Crippen molar-refractivity contribution in [2.24, 2.45) is 0 Å². The average Bonchev–Trinajstić information content (AvgIpc) is 2.38. The van der Waals surface area contributed by atoms with Crippen molar-refractivity contribution in [3.8, 4) is 0 Å². The standard InChI is InChI=1S/C15H12ClF4N/c1-9-5-6-10(7-12(9)15(18,19)20)21-8-11-13(16)3-2-4-14(11)17/h2-7,21H,8H2,1H3. The summed E-state index contributed by atoms with van der Waals surface area (Å²) >= 11 is 5.86. The Morgan fingerprint density at radius 3 is 2.48 bits per heavy atom. The van der Waals surface area contributed by atoms with E-state index >= 15 is 0 Å². The van der Waals surface area contributed by atoms with Gasteiger partial charge in [0.05, 0.1) is 5.56 Å². The number of alkyl halides is 3. The van der Waals surface area contributed by atoms with E-state index < -0.39 is 17.6 Å². The van der Waals surface area contributed by atoms with E-state index in [4.69, 9.17) is 11.6 Å². The second-order valence-corrected chi connectivity index (χ2v) is 4.99. The van der Waals surface area contributed by atoms with E-state index in [-0.39, 0.29) is 28.4 Å². The molecule has 1 N–H and O–H groups in total. The minimum atomic E-state index is -4.42. The molecule has 0 aliphatic rings. The molecule has 0 aromatic heterocycles. The number of rotatable bonds is 3. The molecule has 0 heterocycles. The van der Waals surface area contributed by atoms with Crippen LogP contribution in [0.1, 0.15) is 16.7 Å². The van der Waals surface area contributed by atoms with Crippen LogP contribution in [-0.4, -0.2) is 0 Å². The van der Waals surface area contributed by atoms with Crippen LogP contribution in [0.15, 0.2) is 36.4 Å². The molecule has 6 heteroatoms. The maximum Gasteiger partial charge on any atom is 0.416 e. The highest BCUT2D eigenvalue weighted by Gasteiger charge is 2.32. The quantitative estimate of drug-likeness (QED) is 0.745. The van der Waals surface area contributed by atoms with E-state index in [2.05, 4.69) is 5.32 Å². The third-order valence-electron chi connectivity index (χ3n) is 3.07. The second kappa shape index (κ2) is 5.93. The first kappa shape index (κ1) is 15.6. The normalized spacial score (nSPS) is 11.5. The second-order valence-electron chi connectivity index (χ2n) is 4.58.